The van der Waals surface area contributed by atoms with Gasteiger partial charge in [0.05, 0.1) is 18.8 Å². The highest BCUT2D eigenvalue weighted by Crippen LogP contribution is 2.18. The molecule has 0 radical (unpaired) electrons. The van der Waals surface area contributed by atoms with Gasteiger partial charge in [-0.25, -0.2) is 4.98 Å². The summed E-state index contributed by atoms with van der Waals surface area (Å²) in [5, 5.41) is 2.82. The summed E-state index contributed by atoms with van der Waals surface area (Å²) < 4.78 is 5.52. The lowest BCUT2D eigenvalue weighted by Crippen LogP contribution is -2.46. The maximum atomic E-state index is 12.3. The van der Waals surface area contributed by atoms with Gasteiger partial charge in [0.1, 0.15) is 6.26 Å². The molecular formula is C22H25N5O2. The molecule has 29 heavy (non-hydrogen) atoms. The first-order valence-corrected chi connectivity index (χ1v) is 9.84. The second kappa shape index (κ2) is 8.87. The number of nitrogens with one attached hydrogen (secondary N) is 1. The van der Waals surface area contributed by atoms with Crippen molar-refractivity contribution in [2.24, 2.45) is 0 Å². The van der Waals surface area contributed by atoms with Gasteiger partial charge < -0.3 is 14.6 Å². The van der Waals surface area contributed by atoms with Crippen molar-refractivity contribution in [2.45, 2.75) is 20.0 Å². The second-order valence-corrected chi connectivity index (χ2v) is 7.23. The molecule has 0 aliphatic carbocycles. The van der Waals surface area contributed by atoms with Crippen LogP contribution in [0.4, 0.5) is 5.69 Å². The van der Waals surface area contributed by atoms with Crippen LogP contribution in [0.3, 0.4) is 0 Å². The highest BCUT2D eigenvalue weighted by Gasteiger charge is 2.20. The summed E-state index contributed by atoms with van der Waals surface area (Å²) in [6.45, 7) is 6.85. The number of nitrogens with zero attached hydrogens (tertiary/aromatic N) is 4. The molecule has 2 aromatic heterocycles. The lowest BCUT2D eigenvalue weighted by atomic mass is 10.2. The number of aromatic nitrogens is 2. The second-order valence-electron chi connectivity index (χ2n) is 7.23. The number of aryl methyl sites for hydroxylation is 1. The summed E-state index contributed by atoms with van der Waals surface area (Å²) in [5.74, 6) is 0.312. The number of amides is 1. The fraction of sp³-hybridized carbons (Fsp3) is 0.318. The van der Waals surface area contributed by atoms with Gasteiger partial charge in [0.25, 0.3) is 5.91 Å². The fourth-order valence-corrected chi connectivity index (χ4v) is 3.36. The van der Waals surface area contributed by atoms with Crippen LogP contribution < -0.4 is 10.2 Å². The standard InChI is InChI=1S/C22H25N5O2/c1-17-5-7-19(8-6-17)27-12-10-26(11-13-27)15-21-25-20(16-29-21)22(28)24-14-18-4-2-3-9-23-18/h2-9,16H,10-15H2,1H3,(H,24,28). The zero-order chi connectivity index (χ0) is 20.1. The number of benzene rings is 1. The summed E-state index contributed by atoms with van der Waals surface area (Å²) >= 11 is 0. The number of pyridine rings is 1. The van der Waals surface area contributed by atoms with E-state index in [-0.39, 0.29) is 5.91 Å². The van der Waals surface area contributed by atoms with Gasteiger partial charge in [-0.15, -0.1) is 0 Å². The zero-order valence-corrected chi connectivity index (χ0v) is 16.5. The van der Waals surface area contributed by atoms with Crippen molar-refractivity contribution in [1.82, 2.24) is 20.2 Å². The topological polar surface area (TPSA) is 74.5 Å². The van der Waals surface area contributed by atoms with Crippen molar-refractivity contribution in [2.75, 3.05) is 31.1 Å². The number of carbonyl (C=O) groups excluding carboxylic acids is 1. The molecule has 1 saturated heterocycles. The van der Waals surface area contributed by atoms with Crippen molar-refractivity contribution >= 4 is 11.6 Å². The molecule has 1 fully saturated rings. The van der Waals surface area contributed by atoms with Gasteiger partial charge in [0.15, 0.2) is 5.69 Å². The molecule has 7 heteroatoms. The Bertz CT molecular complexity index is 931. The summed E-state index contributed by atoms with van der Waals surface area (Å²) in [5.41, 5.74) is 3.64. The molecule has 0 bridgehead atoms. The van der Waals surface area contributed by atoms with Gasteiger partial charge in [-0.1, -0.05) is 23.8 Å². The highest BCUT2D eigenvalue weighted by molar-refractivity contribution is 5.91. The Balaban J connectivity index is 1.26. The Kier molecular flexibility index (Phi) is 5.86. The zero-order valence-electron chi connectivity index (χ0n) is 16.5. The number of piperazine rings is 1. The summed E-state index contributed by atoms with van der Waals surface area (Å²) in [6.07, 6.45) is 3.12. The van der Waals surface area contributed by atoms with Crippen LogP contribution in [0.1, 0.15) is 27.6 Å². The monoisotopic (exact) mass is 391 g/mol. The fourth-order valence-electron chi connectivity index (χ4n) is 3.36. The van der Waals surface area contributed by atoms with Gasteiger partial charge in [-0.05, 0) is 31.2 Å². The van der Waals surface area contributed by atoms with Crippen LogP contribution in [0, 0.1) is 6.92 Å². The third kappa shape index (κ3) is 5.00. The summed E-state index contributed by atoms with van der Waals surface area (Å²) in [7, 11) is 0. The normalized spacial score (nSPS) is 14.7. The van der Waals surface area contributed by atoms with E-state index in [4.69, 9.17) is 4.42 Å². The molecule has 0 spiro atoms. The molecule has 1 amide bonds. The van der Waals surface area contributed by atoms with Gasteiger partial charge in [0, 0.05) is 38.1 Å². The molecule has 0 atom stereocenters. The van der Waals surface area contributed by atoms with Crippen molar-refractivity contribution in [3.63, 3.8) is 0 Å². The van der Waals surface area contributed by atoms with Crippen molar-refractivity contribution in [1.29, 1.82) is 0 Å². The van der Waals surface area contributed by atoms with Crippen LogP contribution in [0.2, 0.25) is 0 Å². The minimum absolute atomic E-state index is 0.255. The summed E-state index contributed by atoms with van der Waals surface area (Å²) in [4.78, 5) is 25.5. The lowest BCUT2D eigenvalue weighted by Gasteiger charge is -2.35. The first-order chi connectivity index (χ1) is 14.2. The smallest absolute Gasteiger partial charge is 0.273 e. The molecule has 3 heterocycles. The van der Waals surface area contributed by atoms with Crippen molar-refractivity contribution < 1.29 is 9.21 Å². The predicted molar refractivity (Wildman–Crippen MR) is 111 cm³/mol. The molecule has 3 aromatic rings. The Morgan fingerprint density at radius 2 is 1.90 bits per heavy atom. The van der Waals surface area contributed by atoms with E-state index in [1.807, 2.05) is 18.2 Å². The molecule has 1 aliphatic heterocycles. The van der Waals surface area contributed by atoms with Crippen molar-refractivity contribution in [3.05, 3.63) is 77.8 Å². The quantitative estimate of drug-likeness (QED) is 0.696. The molecular weight excluding hydrogens is 366 g/mol. The van der Waals surface area contributed by atoms with Gasteiger partial charge in [-0.2, -0.15) is 0 Å². The number of hydrogen-bond donors (Lipinski definition) is 1. The molecule has 4 rings (SSSR count). The van der Waals surface area contributed by atoms with E-state index in [1.54, 1.807) is 6.20 Å². The number of hydrogen-bond acceptors (Lipinski definition) is 6. The third-order valence-electron chi connectivity index (χ3n) is 5.07. The maximum absolute atomic E-state index is 12.3. The Morgan fingerprint density at radius 3 is 2.62 bits per heavy atom. The van der Waals surface area contributed by atoms with Gasteiger partial charge in [0.2, 0.25) is 5.89 Å². The molecule has 1 aromatic carbocycles. The third-order valence-corrected chi connectivity index (χ3v) is 5.07. The summed E-state index contributed by atoms with van der Waals surface area (Å²) in [6, 6.07) is 14.2. The van der Waals surface area contributed by atoms with Crippen molar-refractivity contribution in [3.8, 4) is 0 Å². The first-order valence-electron chi connectivity index (χ1n) is 9.84. The molecule has 150 valence electrons. The van der Waals surface area contributed by atoms with Gasteiger partial charge in [-0.3, -0.25) is 14.7 Å². The van der Waals surface area contributed by atoms with Crippen LogP contribution in [0.25, 0.3) is 0 Å². The number of rotatable bonds is 6. The maximum Gasteiger partial charge on any atom is 0.273 e. The Morgan fingerprint density at radius 1 is 1.10 bits per heavy atom. The molecule has 1 aliphatic rings. The predicted octanol–water partition coefficient (Wildman–Crippen LogP) is 2.63. The minimum atomic E-state index is -0.255. The molecule has 0 unspecified atom stereocenters. The number of oxazole rings is 1. The number of carbonyl (C=O) groups is 1. The van der Waals surface area contributed by atoms with Crippen LogP contribution in [-0.4, -0.2) is 47.0 Å². The van der Waals surface area contributed by atoms with E-state index in [1.165, 1.54) is 17.5 Å². The van der Waals surface area contributed by atoms with Crippen LogP contribution >= 0.6 is 0 Å². The largest absolute Gasteiger partial charge is 0.447 e. The number of anilines is 1. The Hall–Kier alpha value is -3.19. The van der Waals surface area contributed by atoms with E-state index < -0.39 is 0 Å². The van der Waals surface area contributed by atoms with Crippen LogP contribution in [0.5, 0.6) is 0 Å². The van der Waals surface area contributed by atoms with Crippen LogP contribution in [0.15, 0.2) is 59.3 Å². The lowest BCUT2D eigenvalue weighted by molar-refractivity contribution is 0.0945. The molecule has 0 saturated carbocycles. The minimum Gasteiger partial charge on any atom is -0.447 e. The first kappa shape index (κ1) is 19.1. The van der Waals surface area contributed by atoms with E-state index in [2.05, 4.69) is 56.3 Å². The average Bonchev–Trinajstić information content (AvgIpc) is 3.23. The van der Waals surface area contributed by atoms with Crippen LogP contribution in [-0.2, 0) is 13.1 Å². The molecule has 1 N–H and O–H groups in total. The molecule has 7 nitrogen and oxygen atoms in total. The van der Waals surface area contributed by atoms with E-state index in [9.17, 15) is 4.79 Å². The average molecular weight is 391 g/mol. The SMILES string of the molecule is Cc1ccc(N2CCN(Cc3nc(C(=O)NCc4ccccn4)co3)CC2)cc1. The van der Waals surface area contributed by atoms with E-state index in [0.717, 1.165) is 31.9 Å². The highest BCUT2D eigenvalue weighted by atomic mass is 16.3. The van der Waals surface area contributed by atoms with Gasteiger partial charge >= 0.3 is 0 Å². The Labute approximate surface area is 170 Å². The van der Waals surface area contributed by atoms with E-state index in [0.29, 0.717) is 24.7 Å². The van der Waals surface area contributed by atoms with E-state index >= 15 is 0 Å².